The van der Waals surface area contributed by atoms with Crippen molar-refractivity contribution in [1.29, 1.82) is 0 Å². The van der Waals surface area contributed by atoms with Gasteiger partial charge >= 0.3 is 5.97 Å². The van der Waals surface area contributed by atoms with Crippen molar-refractivity contribution in [2.45, 2.75) is 44.4 Å². The topological polar surface area (TPSA) is 65.6 Å². The number of hydrogen-bond acceptors (Lipinski definition) is 4. The van der Waals surface area contributed by atoms with Crippen LogP contribution in [0.3, 0.4) is 0 Å². The van der Waals surface area contributed by atoms with Crippen LogP contribution in [0, 0.1) is 5.92 Å². The molecule has 6 rings (SSSR count). The fraction of sp³-hybridized carbons (Fsp3) is 0.476. The number of esters is 1. The summed E-state index contributed by atoms with van der Waals surface area (Å²) in [4.78, 5) is 18.0. The number of carbonyl (C=O) groups is 1. The zero-order valence-corrected chi connectivity index (χ0v) is 15.2. The number of aromatic nitrogens is 1. The number of nitrogens with zero attached hydrogens (tertiary/aromatic N) is 1. The van der Waals surface area contributed by atoms with Gasteiger partial charge in [0.15, 0.2) is 5.60 Å². The maximum atomic E-state index is 11.9. The van der Waals surface area contributed by atoms with Crippen molar-refractivity contribution in [2.24, 2.45) is 5.92 Å². The number of hydrogen-bond donors (Lipinski definition) is 2. The minimum Gasteiger partial charge on any atom is -0.454 e. The number of carbonyl (C=O) groups excluding carboxylic acids is 1. The highest BCUT2D eigenvalue weighted by Crippen LogP contribution is 2.56. The fourth-order valence-corrected chi connectivity index (χ4v) is 5.73. The fourth-order valence-electron chi connectivity index (χ4n) is 5.73. The van der Waals surface area contributed by atoms with Gasteiger partial charge in [-0.3, -0.25) is 9.69 Å². The molecule has 4 aliphatic rings. The molecule has 5 heteroatoms. The van der Waals surface area contributed by atoms with Gasteiger partial charge in [0.1, 0.15) is 0 Å². The molecule has 3 fully saturated rings. The molecule has 5 atom stereocenters. The van der Waals surface area contributed by atoms with Crippen LogP contribution in [0.4, 0.5) is 0 Å². The van der Waals surface area contributed by atoms with Gasteiger partial charge in [0, 0.05) is 36.0 Å². The summed E-state index contributed by atoms with van der Waals surface area (Å²) in [5, 5.41) is 11.7. The first-order valence-corrected chi connectivity index (χ1v) is 9.39. The number of aliphatic hydroxyl groups excluding tert-OH is 1. The van der Waals surface area contributed by atoms with Crippen molar-refractivity contribution in [2.75, 3.05) is 13.2 Å². The van der Waals surface area contributed by atoms with E-state index in [0.717, 1.165) is 24.9 Å². The van der Waals surface area contributed by atoms with Crippen LogP contribution >= 0.6 is 0 Å². The van der Waals surface area contributed by atoms with Crippen molar-refractivity contribution >= 4 is 16.9 Å². The lowest BCUT2D eigenvalue weighted by atomic mass is 9.61. The third-order valence-electron chi connectivity index (χ3n) is 6.76. The molecule has 0 amide bonds. The predicted octanol–water partition coefficient (Wildman–Crippen LogP) is 2.71. The largest absolute Gasteiger partial charge is 0.454 e. The minimum atomic E-state index is -0.849. The third kappa shape index (κ3) is 1.90. The van der Waals surface area contributed by atoms with Gasteiger partial charge in [-0.1, -0.05) is 29.8 Å². The standard InChI is InChI=1S/C21H24N2O3/c1-3-13-10-23-18-9-16(13)21(11-24,26-12(2)25)19(23)8-15-14-6-4-5-7-17(14)22-20(15)18/h3-7,16,18-19,22,24H,8-11H2,1-2H3. The monoisotopic (exact) mass is 352 g/mol. The Morgan fingerprint density at radius 2 is 2.27 bits per heavy atom. The van der Waals surface area contributed by atoms with E-state index in [0.29, 0.717) is 6.04 Å². The zero-order chi connectivity index (χ0) is 18.1. The second-order valence-corrected chi connectivity index (χ2v) is 7.83. The number of para-hydroxylation sites is 1. The van der Waals surface area contributed by atoms with Crippen LogP contribution < -0.4 is 0 Å². The van der Waals surface area contributed by atoms with Crippen LogP contribution in [-0.2, 0) is 16.0 Å². The molecule has 1 aromatic heterocycles. The summed E-state index contributed by atoms with van der Waals surface area (Å²) in [6, 6.07) is 8.70. The second-order valence-electron chi connectivity index (χ2n) is 7.83. The van der Waals surface area contributed by atoms with Crippen LogP contribution in [0.5, 0.6) is 0 Å². The van der Waals surface area contributed by atoms with Crippen molar-refractivity contribution in [1.82, 2.24) is 9.88 Å². The molecule has 2 N–H and O–H groups in total. The number of fused-ring (bicyclic) bond motifs is 4. The summed E-state index contributed by atoms with van der Waals surface area (Å²) < 4.78 is 5.90. The average molecular weight is 352 g/mol. The molecule has 5 heterocycles. The number of benzene rings is 1. The lowest BCUT2D eigenvalue weighted by molar-refractivity contribution is -0.210. The Morgan fingerprint density at radius 3 is 3.00 bits per heavy atom. The number of allylic oxidation sites excluding steroid dienone is 1. The molecule has 4 aliphatic heterocycles. The number of nitrogens with one attached hydrogen (secondary N) is 1. The number of H-pyrrole nitrogens is 1. The molecule has 1 aromatic carbocycles. The van der Waals surface area contributed by atoms with E-state index < -0.39 is 5.60 Å². The maximum absolute atomic E-state index is 11.9. The zero-order valence-electron chi connectivity index (χ0n) is 15.2. The van der Waals surface area contributed by atoms with E-state index in [1.807, 2.05) is 6.92 Å². The molecule has 3 saturated heterocycles. The van der Waals surface area contributed by atoms with Crippen molar-refractivity contribution < 1.29 is 14.6 Å². The van der Waals surface area contributed by atoms with E-state index in [1.165, 1.54) is 29.1 Å². The molecule has 2 aromatic rings. The summed E-state index contributed by atoms with van der Waals surface area (Å²) in [6.07, 6.45) is 3.78. The van der Waals surface area contributed by atoms with Crippen LogP contribution in [0.15, 0.2) is 35.9 Å². The van der Waals surface area contributed by atoms with Gasteiger partial charge in [-0.15, -0.1) is 0 Å². The number of piperidine rings is 3. The highest BCUT2D eigenvalue weighted by atomic mass is 16.6. The molecule has 5 nitrogen and oxygen atoms in total. The lowest BCUT2D eigenvalue weighted by Crippen LogP contribution is -2.72. The predicted molar refractivity (Wildman–Crippen MR) is 98.7 cm³/mol. The Morgan fingerprint density at radius 1 is 1.46 bits per heavy atom. The highest BCUT2D eigenvalue weighted by molar-refractivity contribution is 5.85. The van der Waals surface area contributed by atoms with E-state index in [9.17, 15) is 9.90 Å². The summed E-state index contributed by atoms with van der Waals surface area (Å²) in [7, 11) is 0. The number of ether oxygens (including phenoxy) is 1. The first-order chi connectivity index (χ1) is 12.6. The molecule has 0 radical (unpaired) electrons. The molecule has 0 spiro atoms. The number of aliphatic hydroxyl groups is 1. The molecule has 4 bridgehead atoms. The number of aromatic amines is 1. The highest BCUT2D eigenvalue weighted by Gasteiger charge is 2.62. The average Bonchev–Trinajstić information content (AvgIpc) is 3.02. The molecule has 5 unspecified atom stereocenters. The Kier molecular flexibility index (Phi) is 3.37. The summed E-state index contributed by atoms with van der Waals surface area (Å²) in [6.45, 7) is 4.23. The molecule has 0 saturated carbocycles. The van der Waals surface area contributed by atoms with Crippen LogP contribution in [-0.4, -0.2) is 45.8 Å². The maximum Gasteiger partial charge on any atom is 0.303 e. The van der Waals surface area contributed by atoms with Gasteiger partial charge in [0.2, 0.25) is 0 Å². The van der Waals surface area contributed by atoms with Gasteiger partial charge in [-0.25, -0.2) is 0 Å². The van der Waals surface area contributed by atoms with Gasteiger partial charge < -0.3 is 14.8 Å². The molecule has 136 valence electrons. The second kappa shape index (κ2) is 5.44. The van der Waals surface area contributed by atoms with Crippen LogP contribution in [0.1, 0.15) is 37.6 Å². The first-order valence-electron chi connectivity index (χ1n) is 9.39. The van der Waals surface area contributed by atoms with Crippen molar-refractivity contribution in [3.63, 3.8) is 0 Å². The summed E-state index contributed by atoms with van der Waals surface area (Å²) in [5.74, 6) is -0.245. The van der Waals surface area contributed by atoms with Gasteiger partial charge in [0.05, 0.1) is 18.7 Å². The van der Waals surface area contributed by atoms with Gasteiger partial charge in [0.25, 0.3) is 0 Å². The minimum absolute atomic E-state index is 0.00977. The third-order valence-corrected chi connectivity index (χ3v) is 6.76. The van der Waals surface area contributed by atoms with E-state index in [4.69, 9.17) is 4.74 Å². The van der Waals surface area contributed by atoms with Gasteiger partial charge in [-0.05, 0) is 31.4 Å². The Balaban J connectivity index is 1.70. The lowest BCUT2D eigenvalue weighted by Gasteiger charge is -2.62. The van der Waals surface area contributed by atoms with E-state index in [-0.39, 0.29) is 24.5 Å². The molecule has 0 aliphatic carbocycles. The first kappa shape index (κ1) is 16.1. The Bertz CT molecular complexity index is 930. The normalized spacial score (nSPS) is 36.3. The molecule has 26 heavy (non-hydrogen) atoms. The van der Waals surface area contributed by atoms with Crippen LogP contribution in [0.2, 0.25) is 0 Å². The van der Waals surface area contributed by atoms with Crippen molar-refractivity contribution in [3.8, 4) is 0 Å². The van der Waals surface area contributed by atoms with Gasteiger partial charge in [-0.2, -0.15) is 0 Å². The van der Waals surface area contributed by atoms with E-state index in [1.54, 1.807) is 0 Å². The Labute approximate surface area is 152 Å². The molecular formula is C21H24N2O3. The SMILES string of the molecule is CC=C1CN2C3CC1C(CO)(OC(C)=O)C2Cc1c3[nH]c2ccccc12. The Hall–Kier alpha value is -2.11. The van der Waals surface area contributed by atoms with E-state index >= 15 is 0 Å². The quantitative estimate of drug-likeness (QED) is 0.644. The van der Waals surface area contributed by atoms with Crippen molar-refractivity contribution in [3.05, 3.63) is 47.2 Å². The molecular weight excluding hydrogens is 328 g/mol. The summed E-state index contributed by atoms with van der Waals surface area (Å²) >= 11 is 0. The smallest absolute Gasteiger partial charge is 0.303 e. The van der Waals surface area contributed by atoms with Crippen LogP contribution in [0.25, 0.3) is 10.9 Å². The van der Waals surface area contributed by atoms with E-state index in [2.05, 4.69) is 40.2 Å². The number of rotatable bonds is 2. The summed E-state index contributed by atoms with van der Waals surface area (Å²) in [5.41, 5.74) is 4.21.